The van der Waals surface area contributed by atoms with Crippen LogP contribution in [0.25, 0.3) is 0 Å². The molecule has 0 aromatic heterocycles. The topological polar surface area (TPSA) is 15.4 Å². The Labute approximate surface area is 123 Å². The predicted molar refractivity (Wildman–Crippen MR) is 67.4 cm³/mol. The molecular formula is C14H25IN2. The van der Waals surface area contributed by atoms with Gasteiger partial charge in [0.2, 0.25) is 0 Å². The van der Waals surface area contributed by atoms with Gasteiger partial charge in [-0.2, -0.15) is 0 Å². The maximum atomic E-state index is 4.63. The fraction of sp³-hybridized carbons (Fsp3) is 0.929. The summed E-state index contributed by atoms with van der Waals surface area (Å²) in [6.07, 6.45) is 13.6. The van der Waals surface area contributed by atoms with Gasteiger partial charge in [0.1, 0.15) is 6.04 Å². The zero-order valence-corrected chi connectivity index (χ0v) is 13.2. The molecule has 0 aromatic rings. The van der Waals surface area contributed by atoms with Gasteiger partial charge in [0.15, 0.2) is 6.04 Å². The van der Waals surface area contributed by atoms with E-state index in [0.717, 1.165) is 0 Å². The number of halogens is 1. The summed E-state index contributed by atoms with van der Waals surface area (Å²) in [5.41, 5.74) is 0. The molecule has 0 amide bonds. The first-order valence-electron chi connectivity index (χ1n) is 7.04. The van der Waals surface area contributed by atoms with Crippen LogP contribution >= 0.6 is 0 Å². The van der Waals surface area contributed by atoms with Crippen LogP contribution in [-0.2, 0) is 0 Å². The molecule has 98 valence electrons. The number of nitrogens with zero attached hydrogens (tertiary/aromatic N) is 2. The van der Waals surface area contributed by atoms with E-state index in [4.69, 9.17) is 0 Å². The highest BCUT2D eigenvalue weighted by molar-refractivity contribution is 5.34. The molecular weight excluding hydrogens is 323 g/mol. The third kappa shape index (κ3) is 5.09. The van der Waals surface area contributed by atoms with Gasteiger partial charge in [-0.15, -0.1) is 0 Å². The lowest BCUT2D eigenvalue weighted by Crippen LogP contribution is -3.00. The van der Waals surface area contributed by atoms with E-state index in [0.29, 0.717) is 12.1 Å². The van der Waals surface area contributed by atoms with Gasteiger partial charge in [-0.1, -0.05) is 12.8 Å². The summed E-state index contributed by atoms with van der Waals surface area (Å²) >= 11 is 0. The van der Waals surface area contributed by atoms with E-state index in [-0.39, 0.29) is 24.0 Å². The first kappa shape index (κ1) is 15.2. The molecule has 0 aromatic carbocycles. The number of hydrogen-bond acceptors (Lipinski definition) is 1. The van der Waals surface area contributed by atoms with Gasteiger partial charge in [-0.05, 0) is 56.4 Å². The third-order valence-corrected chi connectivity index (χ3v) is 4.10. The van der Waals surface area contributed by atoms with Gasteiger partial charge >= 0.3 is 6.01 Å². The maximum absolute atomic E-state index is 4.63. The van der Waals surface area contributed by atoms with Gasteiger partial charge in [0.25, 0.3) is 0 Å². The molecule has 2 aliphatic carbocycles. The minimum Gasteiger partial charge on any atom is -1.00 e. The van der Waals surface area contributed by atoms with Gasteiger partial charge < -0.3 is 24.0 Å². The van der Waals surface area contributed by atoms with Crippen molar-refractivity contribution in [3.8, 4) is 0 Å². The lowest BCUT2D eigenvalue weighted by atomic mass is 9.95. The van der Waals surface area contributed by atoms with Gasteiger partial charge in [-0.3, -0.25) is 0 Å². The van der Waals surface area contributed by atoms with Gasteiger partial charge in [-0.25, -0.2) is 4.58 Å². The highest BCUT2D eigenvalue weighted by atomic mass is 127. The van der Waals surface area contributed by atoms with Crippen molar-refractivity contribution in [1.82, 2.24) is 0 Å². The number of hydrogen-bond donors (Lipinski definition) is 0. The average Bonchev–Trinajstić information content (AvgIpc) is 2.38. The van der Waals surface area contributed by atoms with E-state index >= 15 is 0 Å². The summed E-state index contributed by atoms with van der Waals surface area (Å²) in [6, 6.07) is 4.56. The molecule has 0 saturated heterocycles. The van der Waals surface area contributed by atoms with Crippen LogP contribution in [0.1, 0.15) is 64.2 Å². The normalized spacial score (nSPS) is 22.4. The summed E-state index contributed by atoms with van der Waals surface area (Å²) in [4.78, 5) is 4.63. The van der Waals surface area contributed by atoms with Crippen LogP contribution in [0.2, 0.25) is 0 Å². The first-order chi connectivity index (χ1) is 7.86. The van der Waals surface area contributed by atoms with Crippen molar-refractivity contribution in [1.29, 1.82) is 0 Å². The van der Waals surface area contributed by atoms with Crippen molar-refractivity contribution in [2.24, 2.45) is 4.99 Å². The van der Waals surface area contributed by atoms with Crippen molar-refractivity contribution in [2.75, 3.05) is 7.05 Å². The Hall–Kier alpha value is 0.110. The van der Waals surface area contributed by atoms with Crippen LogP contribution in [0.3, 0.4) is 0 Å². The van der Waals surface area contributed by atoms with Crippen molar-refractivity contribution >= 4 is 6.01 Å². The Morgan fingerprint density at radius 3 is 2.00 bits per heavy atom. The predicted octanol–water partition coefficient (Wildman–Crippen LogP) is 0.472. The molecule has 2 fully saturated rings. The van der Waals surface area contributed by atoms with E-state index in [9.17, 15) is 0 Å². The standard InChI is InChI=1S/C14H25N2.HI/c1-16(14-10-6-3-7-11-14)12-15-13-8-4-2-5-9-13;/h13-14H,2-11H2,1H3;1H/q+1;/p-1. The summed E-state index contributed by atoms with van der Waals surface area (Å²) < 4.78 is 2.24. The molecule has 0 spiro atoms. The van der Waals surface area contributed by atoms with E-state index in [1.165, 1.54) is 64.2 Å². The largest absolute Gasteiger partial charge is 1.00 e. The fourth-order valence-electron chi connectivity index (χ4n) is 2.93. The molecule has 3 heteroatoms. The maximum Gasteiger partial charge on any atom is 0.306 e. The Bertz CT molecular complexity index is 270. The number of aliphatic imine (C=N–C) groups is 1. The summed E-state index contributed by atoms with van der Waals surface area (Å²) in [5.74, 6) is 0. The molecule has 2 saturated carbocycles. The second kappa shape index (κ2) is 8.25. The molecule has 0 radical (unpaired) electrons. The van der Waals surface area contributed by atoms with E-state index in [2.05, 4.69) is 22.6 Å². The van der Waals surface area contributed by atoms with Crippen LogP contribution < -0.4 is 24.0 Å². The Kier molecular flexibility index (Phi) is 7.36. The molecule has 2 rings (SSSR count). The van der Waals surface area contributed by atoms with Crippen molar-refractivity contribution in [3.63, 3.8) is 0 Å². The molecule has 0 atom stereocenters. The summed E-state index contributed by atoms with van der Waals surface area (Å²) in [5, 5.41) is 0. The highest BCUT2D eigenvalue weighted by Gasteiger charge is 2.19. The lowest BCUT2D eigenvalue weighted by Gasteiger charge is -2.18. The molecule has 17 heavy (non-hydrogen) atoms. The van der Waals surface area contributed by atoms with Gasteiger partial charge in [0.05, 0.1) is 7.05 Å². The fourth-order valence-corrected chi connectivity index (χ4v) is 2.93. The minimum atomic E-state index is 0. The Balaban J connectivity index is 0.00000144. The van der Waals surface area contributed by atoms with E-state index < -0.39 is 0 Å². The monoisotopic (exact) mass is 348 g/mol. The first-order valence-corrected chi connectivity index (χ1v) is 7.04. The van der Waals surface area contributed by atoms with Crippen molar-refractivity contribution in [3.05, 3.63) is 0 Å². The van der Waals surface area contributed by atoms with Crippen molar-refractivity contribution < 1.29 is 28.6 Å². The van der Waals surface area contributed by atoms with Crippen LogP contribution in [0.5, 0.6) is 0 Å². The quantitative estimate of drug-likeness (QED) is 0.392. The van der Waals surface area contributed by atoms with E-state index in [1.807, 2.05) is 0 Å². The van der Waals surface area contributed by atoms with Crippen LogP contribution in [-0.4, -0.2) is 29.7 Å². The lowest BCUT2D eigenvalue weighted by molar-refractivity contribution is -0.536. The zero-order valence-electron chi connectivity index (χ0n) is 11.0. The molecule has 0 aliphatic heterocycles. The molecule has 0 bridgehead atoms. The second-order valence-electron chi connectivity index (χ2n) is 5.42. The molecule has 0 heterocycles. The highest BCUT2D eigenvalue weighted by Crippen LogP contribution is 2.20. The Morgan fingerprint density at radius 1 is 0.882 bits per heavy atom. The average molecular weight is 348 g/mol. The third-order valence-electron chi connectivity index (χ3n) is 4.10. The second-order valence-corrected chi connectivity index (χ2v) is 5.42. The SMILES string of the molecule is C[N+](=C=NC1CCCCC1)C1CCCCC1.[I-]. The summed E-state index contributed by atoms with van der Waals surface area (Å²) in [7, 11) is 2.16. The molecule has 0 N–H and O–H groups in total. The van der Waals surface area contributed by atoms with Gasteiger partial charge in [0, 0.05) is 0 Å². The van der Waals surface area contributed by atoms with Crippen LogP contribution in [0.4, 0.5) is 0 Å². The smallest absolute Gasteiger partial charge is 0.306 e. The molecule has 0 unspecified atom stereocenters. The van der Waals surface area contributed by atoms with Crippen molar-refractivity contribution in [2.45, 2.75) is 76.3 Å². The molecule has 2 nitrogen and oxygen atoms in total. The number of rotatable bonds is 2. The van der Waals surface area contributed by atoms with E-state index in [1.54, 1.807) is 0 Å². The van der Waals surface area contributed by atoms with Crippen LogP contribution in [0, 0.1) is 0 Å². The Morgan fingerprint density at radius 2 is 1.41 bits per heavy atom. The molecule has 2 aliphatic rings. The zero-order chi connectivity index (χ0) is 11.2. The van der Waals surface area contributed by atoms with Crippen LogP contribution in [0.15, 0.2) is 4.99 Å². The minimum absolute atomic E-state index is 0. The summed E-state index contributed by atoms with van der Waals surface area (Å²) in [6.45, 7) is 0.